The highest BCUT2D eigenvalue weighted by Crippen LogP contribution is 2.33. The minimum Gasteiger partial charge on any atom is -0.478 e. The van der Waals surface area contributed by atoms with E-state index in [1.807, 2.05) is 219 Å². The van der Waals surface area contributed by atoms with Gasteiger partial charge >= 0.3 is 13.1 Å². The zero-order chi connectivity index (χ0) is 79.4. The van der Waals surface area contributed by atoms with Crippen molar-refractivity contribution in [2.24, 2.45) is 28.2 Å². The van der Waals surface area contributed by atoms with Crippen LogP contribution in [0.1, 0.15) is 74.9 Å². The molecule has 4 aliphatic heterocycles. The molecule has 14 aromatic rings. The molecule has 4 saturated heterocycles. The van der Waals surface area contributed by atoms with Crippen molar-refractivity contribution in [1.82, 2.24) is 78.9 Å². The third-order valence-electron chi connectivity index (χ3n) is 20.3. The van der Waals surface area contributed by atoms with Gasteiger partial charge in [0, 0.05) is 197 Å². The largest absolute Gasteiger partial charge is 0.488 e. The number of nitrogens with one attached hydrogen (secondary N) is 1. The molecular formula is C84H84BIN16O9S2. The first-order chi connectivity index (χ1) is 54.7. The van der Waals surface area contributed by atoms with Crippen molar-refractivity contribution >= 4 is 137 Å². The molecule has 25 nitrogen and oxygen atoms in total. The van der Waals surface area contributed by atoms with E-state index < -0.39 is 13.1 Å². The average molecular weight is 1660 g/mol. The van der Waals surface area contributed by atoms with Crippen LogP contribution in [0.3, 0.4) is 0 Å². The highest BCUT2D eigenvalue weighted by molar-refractivity contribution is 14.1. The summed E-state index contributed by atoms with van der Waals surface area (Å²) in [6.45, 7) is 13.5. The highest BCUT2D eigenvalue weighted by Gasteiger charge is 2.38. The molecule has 3 amide bonds. The molecule has 0 atom stereocenters. The number of Topliss-reactive ketones (excluding diaryl/α,β-unsaturated/α-hetero) is 2. The number of benzene rings is 8. The topological polar surface area (TPSA) is 288 Å². The summed E-state index contributed by atoms with van der Waals surface area (Å²) < 4.78 is 8.24. The fourth-order valence-corrected chi connectivity index (χ4v) is 15.8. The Bertz CT molecular complexity index is 5530. The number of fused-ring (bicyclic) bond motifs is 4. The summed E-state index contributed by atoms with van der Waals surface area (Å²) in [5, 5.41) is 56.3. The van der Waals surface area contributed by atoms with Gasteiger partial charge in [-0.15, -0.1) is 22.7 Å². The van der Waals surface area contributed by atoms with Gasteiger partial charge in [0.25, 0.3) is 17.7 Å². The summed E-state index contributed by atoms with van der Waals surface area (Å²) in [6, 6.07) is 61.9. The van der Waals surface area contributed by atoms with Crippen LogP contribution >= 0.6 is 45.3 Å². The third kappa shape index (κ3) is 18.8. The first-order valence-corrected chi connectivity index (χ1v) is 39.7. The molecule has 0 saturated carbocycles. The summed E-state index contributed by atoms with van der Waals surface area (Å²) >= 11 is 4.98. The quantitative estimate of drug-likeness (QED) is 0.0502. The molecule has 18 rings (SSSR count). The lowest BCUT2D eigenvalue weighted by Crippen LogP contribution is -2.64. The van der Waals surface area contributed by atoms with Gasteiger partial charge < -0.3 is 35.2 Å². The number of aryl methyl sites for hydroxylation is 4. The van der Waals surface area contributed by atoms with Crippen LogP contribution in [-0.4, -0.2) is 222 Å². The van der Waals surface area contributed by atoms with Crippen molar-refractivity contribution in [2.75, 3.05) is 78.5 Å². The van der Waals surface area contributed by atoms with Crippen LogP contribution in [0.5, 0.6) is 0 Å². The molecule has 0 spiro atoms. The number of carboxylic acid groups (broad SMARTS) is 1. The van der Waals surface area contributed by atoms with Crippen LogP contribution in [0.2, 0.25) is 0 Å². The number of hydrogen-bond donors (Lipinski definition) is 4. The molecule has 6 aromatic heterocycles. The first kappa shape index (κ1) is 79.8. The maximum absolute atomic E-state index is 13.2. The van der Waals surface area contributed by atoms with Crippen LogP contribution in [0.4, 0.5) is 0 Å². The molecule has 4 N–H and O–H groups in total. The third-order valence-corrected chi connectivity index (χ3v) is 22.6. The smallest absolute Gasteiger partial charge is 0.478 e. The normalized spacial score (nSPS) is 14.4. The van der Waals surface area contributed by atoms with E-state index in [2.05, 4.69) is 63.0 Å². The summed E-state index contributed by atoms with van der Waals surface area (Å²) in [6.07, 6.45) is 3.36. The zero-order valence-electron chi connectivity index (χ0n) is 63.2. The van der Waals surface area contributed by atoms with Crippen LogP contribution in [0.15, 0.2) is 217 Å². The molecule has 4 aliphatic rings. The van der Waals surface area contributed by atoms with Crippen LogP contribution in [-0.2, 0) is 28.2 Å². The lowest BCUT2D eigenvalue weighted by atomic mass is 9.81. The standard InChI is InChI=1S/C26H26N6O2S.C16H14N2O.C15H12N2O2.C11H16N4OS.C10H9IN2O.C6H7BO2/c1-29-22-8-7-19(15-21(22)23(28-29)18-5-3-2-4-6-18)25(33)32-16-20(17-32)30-10-12-31(13-11-30)26(34)24-27-9-14-35-24;1-11(19)13-8-9-15-14(10-13)16(17-18(15)2)12-6-4-3-5-7-12;1-17-13-8-7-11(15(18)19)9-12(13)14(16-17)10-5-3-2-4-6-10;16-11(10-13-1-6-17-10)15-4-2-14(3-5-15)9-7-12-8-9;1-6(14)7-3-4-9-8(5-7)10(11)12-13(9)2;8-7(9)6-4-2-1-3-5-6/h2-9,14-15,20H,10-13,16-17H2,1H3;3-10H,1-2H3;2-9H,1H3,(H,18,19);1,6,9,12H,2-5,7-8H2;3-5H,1-2H3;1-5,8-9H. The summed E-state index contributed by atoms with van der Waals surface area (Å²) in [5.41, 5.74) is 12.7. The van der Waals surface area contributed by atoms with Gasteiger partial charge in [-0.05, 0) is 115 Å². The number of rotatable bonds is 12. The van der Waals surface area contributed by atoms with Crippen molar-refractivity contribution in [3.05, 3.63) is 253 Å². The minimum absolute atomic E-state index is 0.0192. The molecule has 10 heterocycles. The van der Waals surface area contributed by atoms with Gasteiger partial charge in [0.15, 0.2) is 21.6 Å². The maximum atomic E-state index is 13.2. The molecule has 0 bridgehead atoms. The Kier molecular flexibility index (Phi) is 25.7. The Balaban J connectivity index is 0.000000125. The van der Waals surface area contributed by atoms with Gasteiger partial charge in [-0.3, -0.25) is 52.5 Å². The number of aromatic nitrogens is 10. The molecule has 29 heteroatoms. The fourth-order valence-electron chi connectivity index (χ4n) is 13.9. The Morgan fingerprint density at radius 3 is 1.14 bits per heavy atom. The molecule has 4 fully saturated rings. The SMILES string of the molecule is CC(=O)c1ccc2c(c1)c(-c1ccccc1)nn2C.CC(=O)c1ccc2c(c1)c(I)nn2C.Cn1nc(-c2ccccc2)c2cc(C(=O)N3CC(N4CCN(C(=O)c5nccs5)CC4)C3)ccc21.Cn1nc(-c2ccccc2)c2cc(C(=O)O)ccc21.O=C(c1nccs1)N1CCN(C2CNC2)CC1.OB(O)c1ccccc1. The number of ketones is 2. The second-order valence-corrected chi connectivity index (χ2v) is 30.4. The van der Waals surface area contributed by atoms with Crippen molar-refractivity contribution in [1.29, 1.82) is 0 Å². The van der Waals surface area contributed by atoms with E-state index >= 15 is 0 Å². The lowest BCUT2D eigenvalue weighted by Gasteiger charge is -2.48. The Labute approximate surface area is 674 Å². The van der Waals surface area contributed by atoms with Crippen molar-refractivity contribution in [3.63, 3.8) is 0 Å². The van der Waals surface area contributed by atoms with E-state index in [-0.39, 0.29) is 34.9 Å². The number of amides is 3. The van der Waals surface area contributed by atoms with Gasteiger partial charge in [-0.25, -0.2) is 14.8 Å². The number of nitrogens with zero attached hydrogens (tertiary/aromatic N) is 15. The number of carbonyl (C=O) groups excluding carboxylic acids is 5. The minimum atomic E-state index is -1.34. The van der Waals surface area contributed by atoms with Crippen LogP contribution in [0, 0.1) is 3.70 Å². The van der Waals surface area contributed by atoms with Crippen LogP contribution in [0.25, 0.3) is 77.4 Å². The van der Waals surface area contributed by atoms with Gasteiger partial charge in [-0.2, -0.15) is 20.4 Å². The van der Waals surface area contributed by atoms with E-state index in [4.69, 9.17) is 20.3 Å². The Hall–Kier alpha value is -11.3. The first-order valence-electron chi connectivity index (χ1n) is 36.9. The maximum Gasteiger partial charge on any atom is 0.488 e. The summed E-state index contributed by atoms with van der Waals surface area (Å²) in [5.74, 6) is -0.596. The van der Waals surface area contributed by atoms with Gasteiger partial charge in [0.2, 0.25) is 0 Å². The van der Waals surface area contributed by atoms with Gasteiger partial charge in [-0.1, -0.05) is 121 Å². The van der Waals surface area contributed by atoms with Crippen molar-refractivity contribution < 1.29 is 43.9 Å². The van der Waals surface area contributed by atoms with E-state index in [1.54, 1.807) is 73.4 Å². The predicted octanol–water partition coefficient (Wildman–Crippen LogP) is 11.0. The van der Waals surface area contributed by atoms with Crippen molar-refractivity contribution in [2.45, 2.75) is 25.9 Å². The van der Waals surface area contributed by atoms with Crippen LogP contribution < -0.4 is 10.8 Å². The number of piperazine rings is 2. The fraction of sp³-hybridized carbons (Fsp3) is 0.238. The van der Waals surface area contributed by atoms with Gasteiger partial charge in [0.05, 0.1) is 27.6 Å². The molecule has 0 aliphatic carbocycles. The number of hydrogen-bond acceptors (Lipinski definition) is 19. The number of carbonyl (C=O) groups is 6. The zero-order valence-corrected chi connectivity index (χ0v) is 67.0. The highest BCUT2D eigenvalue weighted by atomic mass is 127. The Morgan fingerprint density at radius 2 is 0.779 bits per heavy atom. The van der Waals surface area contributed by atoms with E-state index in [0.717, 1.165) is 158 Å². The number of thiazole rings is 2. The van der Waals surface area contributed by atoms with Gasteiger partial charge in [0.1, 0.15) is 20.8 Å². The second-order valence-electron chi connectivity index (χ2n) is 27.6. The number of carboxylic acids is 1. The molecule has 0 unspecified atom stereocenters. The van der Waals surface area contributed by atoms with E-state index in [0.29, 0.717) is 46.2 Å². The number of aromatic carboxylic acids is 1. The molecule has 113 heavy (non-hydrogen) atoms. The molecular weight excluding hydrogens is 1580 g/mol. The number of likely N-dealkylation sites (tertiary alicyclic amines) is 1. The lowest BCUT2D eigenvalue weighted by molar-refractivity contribution is 0.00851. The van der Waals surface area contributed by atoms with E-state index in [1.165, 1.54) is 22.7 Å². The Morgan fingerprint density at radius 1 is 0.425 bits per heavy atom. The molecule has 576 valence electrons. The summed E-state index contributed by atoms with van der Waals surface area (Å²) in [7, 11) is 6.27. The number of halogens is 1. The van der Waals surface area contributed by atoms with E-state index in [9.17, 15) is 28.8 Å². The monoisotopic (exact) mass is 1660 g/mol. The summed E-state index contributed by atoms with van der Waals surface area (Å²) in [4.78, 5) is 90.4. The average Bonchev–Trinajstić information content (AvgIpc) is 1.62. The van der Waals surface area contributed by atoms with Crippen molar-refractivity contribution in [3.8, 4) is 33.8 Å². The molecule has 0 radical (unpaired) electrons. The predicted molar refractivity (Wildman–Crippen MR) is 451 cm³/mol. The molecule has 8 aromatic carbocycles. The second kappa shape index (κ2) is 36.5.